The molecule has 0 aliphatic heterocycles. The first-order valence-electron chi connectivity index (χ1n) is 3.99. The van der Waals surface area contributed by atoms with Crippen LogP contribution >= 0.6 is 0 Å². The fourth-order valence-electron chi connectivity index (χ4n) is 0.811. The summed E-state index contributed by atoms with van der Waals surface area (Å²) in [6.45, 7) is 2.18. The van der Waals surface area contributed by atoms with Crippen molar-refractivity contribution in [1.82, 2.24) is 0 Å². The fourth-order valence-corrected chi connectivity index (χ4v) is 0.811. The maximum absolute atomic E-state index is 8.81. The summed E-state index contributed by atoms with van der Waals surface area (Å²) in [5, 5.41) is 0. The van der Waals surface area contributed by atoms with E-state index in [1.807, 2.05) is 18.2 Å². The highest BCUT2D eigenvalue weighted by atomic mass is 16.1. The molecule has 0 saturated carbocycles. The zero-order valence-electron chi connectivity index (χ0n) is 7.36. The summed E-state index contributed by atoms with van der Waals surface area (Å²) in [5.74, 6) is 0. The zero-order valence-corrected chi connectivity index (χ0v) is 7.36. The van der Waals surface area contributed by atoms with Crippen LogP contribution in [0.3, 0.4) is 0 Å². The molecule has 66 valence electrons. The lowest BCUT2D eigenvalue weighted by molar-refractivity contribution is -0.106. The van der Waals surface area contributed by atoms with Gasteiger partial charge in [0.25, 0.3) is 0 Å². The Morgan fingerprint density at radius 2 is 1.83 bits per heavy atom. The first-order valence-corrected chi connectivity index (χ1v) is 3.99. The molecule has 0 aliphatic carbocycles. The smallest absolute Gasteiger partial charge is 0.116 e. The van der Waals surface area contributed by atoms with Crippen molar-refractivity contribution in [1.29, 1.82) is 0 Å². The molecular weight excluding hydrogens is 150 g/mol. The summed E-state index contributed by atoms with van der Waals surface area (Å²) in [7, 11) is 0. The Morgan fingerprint density at radius 3 is 2.25 bits per heavy atom. The second-order valence-electron chi connectivity index (χ2n) is 2.26. The molecule has 0 amide bonds. The van der Waals surface area contributed by atoms with E-state index in [1.165, 1.54) is 12.5 Å². The predicted molar refractivity (Wildman–Crippen MR) is 50.9 cm³/mol. The van der Waals surface area contributed by atoms with Gasteiger partial charge in [0.15, 0.2) is 0 Å². The number of benzene rings is 1. The molecule has 12 heavy (non-hydrogen) atoms. The van der Waals surface area contributed by atoms with Gasteiger partial charge in [-0.1, -0.05) is 30.3 Å². The van der Waals surface area contributed by atoms with E-state index in [9.17, 15) is 0 Å². The minimum atomic E-state index is 0.740. The first kappa shape index (κ1) is 10.8. The van der Waals surface area contributed by atoms with E-state index in [0.717, 1.165) is 19.3 Å². The summed E-state index contributed by atoms with van der Waals surface area (Å²) in [6, 6.07) is 10.3. The largest absolute Gasteiger partial charge is 0.330 e. The minimum absolute atomic E-state index is 0.740. The van der Waals surface area contributed by atoms with Crippen LogP contribution in [0.4, 0.5) is 0 Å². The molecule has 1 rings (SSSR count). The van der Waals surface area contributed by atoms with Gasteiger partial charge in [-0.05, 0) is 25.5 Å². The van der Waals surface area contributed by atoms with Crippen molar-refractivity contribution >= 4 is 6.29 Å². The molecule has 0 bridgehead atoms. The maximum atomic E-state index is 8.81. The van der Waals surface area contributed by atoms with Crippen LogP contribution in [-0.4, -0.2) is 12.8 Å². The van der Waals surface area contributed by atoms with Gasteiger partial charge in [0.1, 0.15) is 6.29 Å². The molecule has 1 aromatic carbocycles. The van der Waals surface area contributed by atoms with Gasteiger partial charge in [-0.3, -0.25) is 0 Å². The van der Waals surface area contributed by atoms with E-state index in [0.29, 0.717) is 0 Å². The van der Waals surface area contributed by atoms with Gasteiger partial charge >= 0.3 is 0 Å². The first-order chi connectivity index (χ1) is 5.85. The third kappa shape index (κ3) is 5.62. The van der Waals surface area contributed by atoms with E-state index < -0.39 is 0 Å². The quantitative estimate of drug-likeness (QED) is 0.673. The van der Waals surface area contributed by atoms with Crippen LogP contribution in [0.5, 0.6) is 0 Å². The lowest BCUT2D eigenvalue weighted by Crippen LogP contribution is -2.01. The number of aldehydes is 1. The Labute approximate surface area is 73.4 Å². The Morgan fingerprint density at radius 1 is 1.33 bits per heavy atom. The van der Waals surface area contributed by atoms with E-state index >= 15 is 0 Å². The van der Waals surface area contributed by atoms with E-state index in [-0.39, 0.29) is 0 Å². The number of carbonyl (C=O) groups is 1. The van der Waals surface area contributed by atoms with Crippen molar-refractivity contribution in [2.45, 2.75) is 13.3 Å². The minimum Gasteiger partial charge on any atom is -0.330 e. The standard InChI is InChI=1S/C8H11N.C2H4O/c9-7-6-8-4-2-1-3-5-8;1-2-3/h1-5H,6-7,9H2;2H,1H3. The molecule has 2 heteroatoms. The van der Waals surface area contributed by atoms with Gasteiger partial charge in [-0.15, -0.1) is 0 Å². The average molecular weight is 165 g/mol. The fraction of sp³-hybridized carbons (Fsp3) is 0.300. The molecule has 0 fully saturated rings. The Hall–Kier alpha value is -1.15. The molecule has 0 unspecified atom stereocenters. The Bertz CT molecular complexity index is 196. The Balaban J connectivity index is 0.000000354. The van der Waals surface area contributed by atoms with Gasteiger partial charge in [0.2, 0.25) is 0 Å². The van der Waals surface area contributed by atoms with E-state index in [2.05, 4.69) is 12.1 Å². The van der Waals surface area contributed by atoms with Crippen LogP contribution in [-0.2, 0) is 11.2 Å². The molecule has 0 aliphatic rings. The van der Waals surface area contributed by atoms with Crippen LogP contribution in [0.15, 0.2) is 30.3 Å². The number of nitrogens with two attached hydrogens (primary N) is 1. The maximum Gasteiger partial charge on any atom is 0.116 e. The van der Waals surface area contributed by atoms with Crippen molar-refractivity contribution in [3.05, 3.63) is 35.9 Å². The third-order valence-corrected chi connectivity index (χ3v) is 1.28. The molecule has 0 heterocycles. The number of carbonyl (C=O) groups excluding carboxylic acids is 1. The second-order valence-corrected chi connectivity index (χ2v) is 2.26. The molecule has 2 nitrogen and oxygen atoms in total. The van der Waals surface area contributed by atoms with Crippen LogP contribution in [0.2, 0.25) is 0 Å². The van der Waals surface area contributed by atoms with Crippen molar-refractivity contribution in [3.8, 4) is 0 Å². The molecule has 1 aromatic rings. The topological polar surface area (TPSA) is 43.1 Å². The molecule has 0 aromatic heterocycles. The average Bonchev–Trinajstić information content (AvgIpc) is 2.08. The van der Waals surface area contributed by atoms with Crippen molar-refractivity contribution in [2.75, 3.05) is 6.54 Å². The van der Waals surface area contributed by atoms with Crippen LogP contribution < -0.4 is 5.73 Å². The highest BCUT2D eigenvalue weighted by molar-refractivity contribution is 5.44. The summed E-state index contributed by atoms with van der Waals surface area (Å²) in [6.07, 6.45) is 1.74. The summed E-state index contributed by atoms with van der Waals surface area (Å²) < 4.78 is 0. The SMILES string of the molecule is CC=O.NCCc1ccccc1. The molecule has 0 atom stereocenters. The number of hydrogen-bond donors (Lipinski definition) is 1. The lowest BCUT2D eigenvalue weighted by atomic mass is 10.2. The summed E-state index contributed by atoms with van der Waals surface area (Å²) >= 11 is 0. The van der Waals surface area contributed by atoms with Gasteiger partial charge in [-0.25, -0.2) is 0 Å². The van der Waals surface area contributed by atoms with Crippen molar-refractivity contribution in [2.24, 2.45) is 5.73 Å². The van der Waals surface area contributed by atoms with Crippen molar-refractivity contribution < 1.29 is 4.79 Å². The zero-order chi connectivity index (χ0) is 9.23. The van der Waals surface area contributed by atoms with Crippen LogP contribution in [0, 0.1) is 0 Å². The Kier molecular flexibility index (Phi) is 7.19. The van der Waals surface area contributed by atoms with Crippen molar-refractivity contribution in [3.63, 3.8) is 0 Å². The summed E-state index contributed by atoms with van der Waals surface area (Å²) in [5.41, 5.74) is 6.68. The van der Waals surface area contributed by atoms with E-state index in [4.69, 9.17) is 10.5 Å². The molecular formula is C10H15NO. The van der Waals surface area contributed by atoms with Gasteiger partial charge in [0, 0.05) is 0 Å². The van der Waals surface area contributed by atoms with Crippen LogP contribution in [0.1, 0.15) is 12.5 Å². The third-order valence-electron chi connectivity index (χ3n) is 1.28. The van der Waals surface area contributed by atoms with Gasteiger partial charge in [-0.2, -0.15) is 0 Å². The lowest BCUT2D eigenvalue weighted by Gasteiger charge is -1.93. The number of rotatable bonds is 2. The molecule has 0 radical (unpaired) electrons. The predicted octanol–water partition coefficient (Wildman–Crippen LogP) is 1.39. The second kappa shape index (κ2) is 7.95. The number of hydrogen-bond acceptors (Lipinski definition) is 2. The van der Waals surface area contributed by atoms with E-state index in [1.54, 1.807) is 0 Å². The summed E-state index contributed by atoms with van der Waals surface area (Å²) in [4.78, 5) is 8.81. The van der Waals surface area contributed by atoms with Gasteiger partial charge < -0.3 is 10.5 Å². The van der Waals surface area contributed by atoms with Crippen LogP contribution in [0.25, 0.3) is 0 Å². The monoisotopic (exact) mass is 165 g/mol. The molecule has 2 N–H and O–H groups in total. The molecule has 0 saturated heterocycles. The van der Waals surface area contributed by atoms with Gasteiger partial charge in [0.05, 0.1) is 0 Å². The highest BCUT2D eigenvalue weighted by Crippen LogP contribution is 1.96. The normalized spacial score (nSPS) is 8.17. The molecule has 0 spiro atoms. The highest BCUT2D eigenvalue weighted by Gasteiger charge is 1.84.